The van der Waals surface area contributed by atoms with Gasteiger partial charge in [0.1, 0.15) is 5.65 Å². The molecule has 0 saturated carbocycles. The zero-order chi connectivity index (χ0) is 16.4. The maximum atomic E-state index is 9.22. The lowest BCUT2D eigenvalue weighted by atomic mass is 9.88. The highest BCUT2D eigenvalue weighted by Gasteiger charge is 2.15. The Morgan fingerprint density at radius 2 is 2.13 bits per heavy atom. The summed E-state index contributed by atoms with van der Waals surface area (Å²) in [7, 11) is 0. The summed E-state index contributed by atoms with van der Waals surface area (Å²) in [4.78, 5) is 4.50. The molecule has 116 valence electrons. The van der Waals surface area contributed by atoms with Gasteiger partial charge in [-0.2, -0.15) is 5.26 Å². The minimum absolute atomic E-state index is 0.370. The van der Waals surface area contributed by atoms with Gasteiger partial charge < -0.3 is 10.1 Å². The van der Waals surface area contributed by atoms with Crippen molar-refractivity contribution < 1.29 is 0 Å². The Morgan fingerprint density at radius 3 is 2.83 bits per heavy atom. The molecular weight excluding hydrogens is 284 g/mol. The number of imidazole rings is 1. The van der Waals surface area contributed by atoms with Crippen molar-refractivity contribution in [2.24, 2.45) is 5.73 Å². The minimum Gasteiger partial charge on any atom is -0.326 e. The molecule has 1 aromatic carbocycles. The van der Waals surface area contributed by atoms with Gasteiger partial charge in [0.15, 0.2) is 0 Å². The van der Waals surface area contributed by atoms with Crippen LogP contribution in [0.5, 0.6) is 0 Å². The van der Waals surface area contributed by atoms with Crippen molar-refractivity contribution in [2.75, 3.05) is 0 Å². The largest absolute Gasteiger partial charge is 0.326 e. The first-order valence-electron chi connectivity index (χ1n) is 7.88. The van der Waals surface area contributed by atoms with E-state index in [0.717, 1.165) is 28.8 Å². The number of nitrogens with zero attached hydrogens (tertiary/aromatic N) is 3. The number of nitriles is 1. The molecular formula is C19H20N4. The van der Waals surface area contributed by atoms with Crippen molar-refractivity contribution in [3.63, 3.8) is 0 Å². The van der Waals surface area contributed by atoms with E-state index < -0.39 is 0 Å². The van der Waals surface area contributed by atoms with E-state index in [9.17, 15) is 5.26 Å². The first-order chi connectivity index (χ1) is 11.2. The molecule has 0 radical (unpaired) electrons. The van der Waals surface area contributed by atoms with Crippen molar-refractivity contribution in [2.45, 2.75) is 32.7 Å². The molecule has 3 aromatic rings. The molecule has 0 fully saturated rings. The average molecular weight is 304 g/mol. The summed E-state index contributed by atoms with van der Waals surface area (Å²) in [5.74, 6) is 0.370. The molecule has 2 N–H and O–H groups in total. The molecule has 0 saturated heterocycles. The molecule has 4 heteroatoms. The molecule has 0 amide bonds. The number of rotatable bonds is 4. The first kappa shape index (κ1) is 15.3. The normalized spacial score (nSPS) is 12.3. The average Bonchev–Trinajstić information content (AvgIpc) is 3.08. The standard InChI is InChI=1S/C19H20N4/c1-3-13(2)17-8-14(10-20)4-5-16(17)18-9-15(11-21)12-23-7-6-22-19(18)23/h4-9,12-13H,3,11,21H2,1-2H3. The van der Waals surface area contributed by atoms with Crippen LogP contribution in [-0.4, -0.2) is 9.38 Å². The second kappa shape index (κ2) is 6.23. The molecule has 3 rings (SSSR count). The summed E-state index contributed by atoms with van der Waals surface area (Å²) in [6.07, 6.45) is 6.76. The van der Waals surface area contributed by atoms with E-state index in [2.05, 4.69) is 31.0 Å². The van der Waals surface area contributed by atoms with Crippen LogP contribution in [0.4, 0.5) is 0 Å². The van der Waals surface area contributed by atoms with Gasteiger partial charge in [0, 0.05) is 30.7 Å². The predicted molar refractivity (Wildman–Crippen MR) is 91.9 cm³/mol. The fourth-order valence-corrected chi connectivity index (χ4v) is 2.91. The number of nitrogens with two attached hydrogens (primary N) is 1. The molecule has 2 aromatic heterocycles. The number of hydrogen-bond acceptors (Lipinski definition) is 3. The van der Waals surface area contributed by atoms with E-state index in [1.54, 1.807) is 6.20 Å². The van der Waals surface area contributed by atoms with E-state index in [0.29, 0.717) is 18.0 Å². The summed E-state index contributed by atoms with van der Waals surface area (Å²) in [5.41, 5.74) is 11.9. The van der Waals surface area contributed by atoms with Gasteiger partial charge in [-0.1, -0.05) is 19.9 Å². The van der Waals surface area contributed by atoms with E-state index >= 15 is 0 Å². The quantitative estimate of drug-likeness (QED) is 0.796. The van der Waals surface area contributed by atoms with E-state index in [1.165, 1.54) is 5.56 Å². The van der Waals surface area contributed by atoms with Crippen LogP contribution in [-0.2, 0) is 6.54 Å². The van der Waals surface area contributed by atoms with Crippen LogP contribution >= 0.6 is 0 Å². The summed E-state index contributed by atoms with van der Waals surface area (Å²) >= 11 is 0. The van der Waals surface area contributed by atoms with Crippen LogP contribution in [0.15, 0.2) is 42.9 Å². The Kier molecular flexibility index (Phi) is 4.14. The van der Waals surface area contributed by atoms with Crippen molar-refractivity contribution in [3.8, 4) is 17.2 Å². The van der Waals surface area contributed by atoms with Crippen LogP contribution in [0.2, 0.25) is 0 Å². The monoisotopic (exact) mass is 304 g/mol. The second-order valence-corrected chi connectivity index (χ2v) is 5.85. The highest BCUT2D eigenvalue weighted by molar-refractivity contribution is 5.81. The Balaban J connectivity index is 2.30. The molecule has 0 aliphatic heterocycles. The molecule has 0 aliphatic carbocycles. The fraction of sp³-hybridized carbons (Fsp3) is 0.263. The van der Waals surface area contributed by atoms with Gasteiger partial charge in [0.25, 0.3) is 0 Å². The number of hydrogen-bond donors (Lipinski definition) is 1. The number of aromatic nitrogens is 2. The van der Waals surface area contributed by atoms with Crippen LogP contribution in [0.3, 0.4) is 0 Å². The smallest absolute Gasteiger partial charge is 0.144 e. The first-order valence-corrected chi connectivity index (χ1v) is 7.88. The Bertz CT molecular complexity index is 886. The van der Waals surface area contributed by atoms with E-state index in [-0.39, 0.29) is 0 Å². The third-order valence-corrected chi connectivity index (χ3v) is 4.39. The van der Waals surface area contributed by atoms with Crippen LogP contribution < -0.4 is 5.73 Å². The third kappa shape index (κ3) is 2.71. The third-order valence-electron chi connectivity index (χ3n) is 4.39. The number of fused-ring (bicyclic) bond motifs is 1. The number of benzene rings is 1. The van der Waals surface area contributed by atoms with Gasteiger partial charge >= 0.3 is 0 Å². The van der Waals surface area contributed by atoms with Crippen molar-refractivity contribution in [3.05, 3.63) is 59.5 Å². The molecule has 1 atom stereocenters. The summed E-state index contributed by atoms with van der Waals surface area (Å²) < 4.78 is 2.01. The van der Waals surface area contributed by atoms with Gasteiger partial charge in [-0.15, -0.1) is 0 Å². The maximum Gasteiger partial charge on any atom is 0.144 e. The Hall–Kier alpha value is -2.64. The molecule has 2 heterocycles. The van der Waals surface area contributed by atoms with Crippen molar-refractivity contribution in [1.82, 2.24) is 9.38 Å². The number of pyridine rings is 1. The van der Waals surface area contributed by atoms with Gasteiger partial charge in [-0.3, -0.25) is 0 Å². The highest BCUT2D eigenvalue weighted by atomic mass is 15.0. The lowest BCUT2D eigenvalue weighted by molar-refractivity contribution is 0.735. The second-order valence-electron chi connectivity index (χ2n) is 5.85. The van der Waals surface area contributed by atoms with Crippen molar-refractivity contribution in [1.29, 1.82) is 5.26 Å². The minimum atomic E-state index is 0.370. The van der Waals surface area contributed by atoms with E-state index in [4.69, 9.17) is 5.73 Å². The summed E-state index contributed by atoms with van der Waals surface area (Å²) in [5, 5.41) is 9.22. The van der Waals surface area contributed by atoms with Gasteiger partial charge in [0.05, 0.1) is 11.6 Å². The summed E-state index contributed by atoms with van der Waals surface area (Å²) in [6, 6.07) is 10.2. The van der Waals surface area contributed by atoms with E-state index in [1.807, 2.05) is 35.0 Å². The van der Waals surface area contributed by atoms with Gasteiger partial charge in [-0.25, -0.2) is 4.98 Å². The van der Waals surface area contributed by atoms with Crippen LogP contribution in [0.1, 0.15) is 42.9 Å². The SMILES string of the molecule is CCC(C)c1cc(C#N)ccc1-c1cc(CN)cn2ccnc12. The Labute approximate surface area is 136 Å². The molecule has 0 aliphatic rings. The molecule has 1 unspecified atom stereocenters. The fourth-order valence-electron chi connectivity index (χ4n) is 2.91. The molecule has 0 bridgehead atoms. The highest BCUT2D eigenvalue weighted by Crippen LogP contribution is 2.34. The maximum absolute atomic E-state index is 9.22. The van der Waals surface area contributed by atoms with Crippen LogP contribution in [0, 0.1) is 11.3 Å². The van der Waals surface area contributed by atoms with Gasteiger partial charge in [0.2, 0.25) is 0 Å². The predicted octanol–water partition coefficient (Wildman–Crippen LogP) is 3.85. The van der Waals surface area contributed by atoms with Crippen molar-refractivity contribution >= 4 is 5.65 Å². The molecule has 4 nitrogen and oxygen atoms in total. The topological polar surface area (TPSA) is 67.1 Å². The lowest BCUT2D eigenvalue weighted by Gasteiger charge is -2.17. The van der Waals surface area contributed by atoms with Gasteiger partial charge in [-0.05, 0) is 47.2 Å². The molecule has 0 spiro atoms. The van der Waals surface area contributed by atoms with Crippen LogP contribution in [0.25, 0.3) is 16.8 Å². The summed E-state index contributed by atoms with van der Waals surface area (Å²) in [6.45, 7) is 4.83. The Morgan fingerprint density at radius 1 is 1.30 bits per heavy atom. The molecule has 23 heavy (non-hydrogen) atoms. The zero-order valence-corrected chi connectivity index (χ0v) is 13.5. The lowest BCUT2D eigenvalue weighted by Crippen LogP contribution is -2.02. The zero-order valence-electron chi connectivity index (χ0n) is 13.5.